The zero-order chi connectivity index (χ0) is 27.9. The molecule has 3 aromatic rings. The summed E-state index contributed by atoms with van der Waals surface area (Å²) < 4.78 is 31.3. The largest absolute Gasteiger partial charge is 0.491 e. The van der Waals surface area contributed by atoms with Crippen LogP contribution in [0.3, 0.4) is 0 Å². The maximum atomic E-state index is 12.5. The Bertz CT molecular complexity index is 1220. The van der Waals surface area contributed by atoms with Crippen LogP contribution in [0.25, 0.3) is 11.1 Å². The molecule has 9 nitrogen and oxygen atoms in total. The molecule has 3 rings (SSSR count). The first kappa shape index (κ1) is 29.1. The van der Waals surface area contributed by atoms with Gasteiger partial charge in [-0.2, -0.15) is 0 Å². The highest BCUT2D eigenvalue weighted by atomic mass is 16.6. The maximum absolute atomic E-state index is 12.5. The third kappa shape index (κ3) is 9.73. The summed E-state index contributed by atoms with van der Waals surface area (Å²) in [6.45, 7) is 5.21. The molecule has 0 atom stereocenters. The van der Waals surface area contributed by atoms with Crippen molar-refractivity contribution in [1.29, 1.82) is 0 Å². The SMILES string of the molecule is C=CC(=O)OCCOCCOCCOc1ccc(C(=O)Oc2ccc(-c3ccc(C(=O)OC)cc3)cc2)cc1. The fourth-order valence-electron chi connectivity index (χ4n) is 3.29. The molecule has 0 aliphatic heterocycles. The second-order valence-electron chi connectivity index (χ2n) is 7.95. The lowest BCUT2D eigenvalue weighted by Crippen LogP contribution is -2.13. The number of ether oxygens (including phenoxy) is 6. The van der Waals surface area contributed by atoms with Crippen LogP contribution in [-0.4, -0.2) is 64.7 Å². The van der Waals surface area contributed by atoms with E-state index in [9.17, 15) is 14.4 Å². The molecular formula is C30H30O9. The van der Waals surface area contributed by atoms with Gasteiger partial charge in [0.2, 0.25) is 0 Å². The van der Waals surface area contributed by atoms with Gasteiger partial charge in [-0.1, -0.05) is 30.8 Å². The molecule has 0 aliphatic carbocycles. The lowest BCUT2D eigenvalue weighted by molar-refractivity contribution is -0.139. The van der Waals surface area contributed by atoms with Crippen LogP contribution < -0.4 is 9.47 Å². The molecule has 0 amide bonds. The summed E-state index contributed by atoms with van der Waals surface area (Å²) in [5, 5.41) is 0. The number of benzene rings is 3. The van der Waals surface area contributed by atoms with Crippen LogP contribution in [0, 0.1) is 0 Å². The van der Waals surface area contributed by atoms with Crippen molar-refractivity contribution in [3.63, 3.8) is 0 Å². The standard InChI is InChI=1S/C30H30O9/c1-3-28(31)38-21-19-36-17-16-35-18-20-37-26-12-10-25(11-13-26)30(33)39-27-14-8-23(9-15-27)22-4-6-24(7-5-22)29(32)34-2/h3-15H,1,16-21H2,2H3. The average Bonchev–Trinajstić information content (AvgIpc) is 2.98. The minimum absolute atomic E-state index is 0.166. The lowest BCUT2D eigenvalue weighted by atomic mass is 10.0. The van der Waals surface area contributed by atoms with Crippen molar-refractivity contribution < 1.29 is 42.8 Å². The molecular weight excluding hydrogens is 504 g/mol. The lowest BCUT2D eigenvalue weighted by Gasteiger charge is -2.09. The minimum atomic E-state index is -0.487. The summed E-state index contributed by atoms with van der Waals surface area (Å²) in [4.78, 5) is 35.0. The molecule has 9 heteroatoms. The van der Waals surface area contributed by atoms with Crippen LogP contribution in [-0.2, 0) is 23.7 Å². The van der Waals surface area contributed by atoms with Gasteiger partial charge in [0, 0.05) is 6.08 Å². The Morgan fingerprint density at radius 1 is 0.641 bits per heavy atom. The highest BCUT2D eigenvalue weighted by molar-refractivity contribution is 5.91. The summed E-state index contributed by atoms with van der Waals surface area (Å²) in [5.74, 6) is -0.352. The Morgan fingerprint density at radius 2 is 1.13 bits per heavy atom. The highest BCUT2D eigenvalue weighted by Gasteiger charge is 2.10. The molecule has 3 aromatic carbocycles. The summed E-state index contributed by atoms with van der Waals surface area (Å²) in [6, 6.07) is 20.8. The number of rotatable bonds is 15. The third-order valence-corrected chi connectivity index (χ3v) is 5.30. The van der Waals surface area contributed by atoms with Gasteiger partial charge in [-0.3, -0.25) is 0 Å². The van der Waals surface area contributed by atoms with Crippen molar-refractivity contribution >= 4 is 17.9 Å². The van der Waals surface area contributed by atoms with E-state index >= 15 is 0 Å². The van der Waals surface area contributed by atoms with Gasteiger partial charge in [-0.25, -0.2) is 14.4 Å². The van der Waals surface area contributed by atoms with Gasteiger partial charge in [0.15, 0.2) is 0 Å². The first-order valence-electron chi connectivity index (χ1n) is 12.2. The Morgan fingerprint density at radius 3 is 1.72 bits per heavy atom. The van der Waals surface area contributed by atoms with Gasteiger partial charge < -0.3 is 28.4 Å². The van der Waals surface area contributed by atoms with E-state index in [2.05, 4.69) is 6.58 Å². The second kappa shape index (κ2) is 15.7. The Labute approximate surface area is 226 Å². The van der Waals surface area contributed by atoms with E-state index in [0.29, 0.717) is 49.1 Å². The Balaban J connectivity index is 1.35. The summed E-state index contributed by atoms with van der Waals surface area (Å²) in [7, 11) is 1.34. The molecule has 0 unspecified atom stereocenters. The molecule has 204 valence electrons. The van der Waals surface area contributed by atoms with E-state index in [1.54, 1.807) is 48.5 Å². The highest BCUT2D eigenvalue weighted by Crippen LogP contribution is 2.24. The molecule has 0 radical (unpaired) electrons. The number of carbonyl (C=O) groups is 3. The fraction of sp³-hybridized carbons (Fsp3) is 0.233. The molecule has 0 saturated heterocycles. The first-order valence-corrected chi connectivity index (χ1v) is 12.2. The molecule has 0 aromatic heterocycles. The fourth-order valence-corrected chi connectivity index (χ4v) is 3.29. The Kier molecular flexibility index (Phi) is 11.7. The van der Waals surface area contributed by atoms with Crippen LogP contribution in [0.15, 0.2) is 85.5 Å². The van der Waals surface area contributed by atoms with E-state index in [4.69, 9.17) is 28.4 Å². The van der Waals surface area contributed by atoms with Crippen LogP contribution in [0.5, 0.6) is 11.5 Å². The topological polar surface area (TPSA) is 107 Å². The van der Waals surface area contributed by atoms with Crippen molar-refractivity contribution in [1.82, 2.24) is 0 Å². The van der Waals surface area contributed by atoms with Crippen molar-refractivity contribution in [2.75, 3.05) is 46.8 Å². The van der Waals surface area contributed by atoms with Crippen LogP contribution in [0.1, 0.15) is 20.7 Å². The Hall–Kier alpha value is -4.47. The van der Waals surface area contributed by atoms with Gasteiger partial charge in [0.05, 0.1) is 44.7 Å². The van der Waals surface area contributed by atoms with Crippen molar-refractivity contribution in [3.05, 3.63) is 96.6 Å². The van der Waals surface area contributed by atoms with Gasteiger partial charge in [-0.15, -0.1) is 0 Å². The third-order valence-electron chi connectivity index (χ3n) is 5.30. The predicted octanol–water partition coefficient (Wildman–Crippen LogP) is 4.50. The van der Waals surface area contributed by atoms with E-state index in [-0.39, 0.29) is 13.2 Å². The molecule has 0 heterocycles. The quantitative estimate of drug-likeness (QED) is 0.121. The van der Waals surface area contributed by atoms with Crippen LogP contribution in [0.4, 0.5) is 0 Å². The maximum Gasteiger partial charge on any atom is 0.343 e. The zero-order valence-corrected chi connectivity index (χ0v) is 21.6. The number of methoxy groups -OCH3 is 1. The molecule has 0 aliphatic rings. The summed E-state index contributed by atoms with van der Waals surface area (Å²) in [5.41, 5.74) is 2.69. The number of esters is 3. The summed E-state index contributed by atoms with van der Waals surface area (Å²) in [6.07, 6.45) is 1.10. The van der Waals surface area contributed by atoms with Gasteiger partial charge in [-0.05, 0) is 59.7 Å². The van der Waals surface area contributed by atoms with Crippen molar-refractivity contribution in [3.8, 4) is 22.6 Å². The van der Waals surface area contributed by atoms with Gasteiger partial charge in [0.25, 0.3) is 0 Å². The van der Waals surface area contributed by atoms with E-state index in [0.717, 1.165) is 17.2 Å². The molecule has 0 fully saturated rings. The monoisotopic (exact) mass is 534 g/mol. The number of hydrogen-bond donors (Lipinski definition) is 0. The number of hydrogen-bond acceptors (Lipinski definition) is 9. The van der Waals surface area contributed by atoms with Gasteiger partial charge in [0.1, 0.15) is 24.7 Å². The molecule has 0 spiro atoms. The average molecular weight is 535 g/mol. The van der Waals surface area contributed by atoms with E-state index in [1.807, 2.05) is 24.3 Å². The van der Waals surface area contributed by atoms with Crippen molar-refractivity contribution in [2.45, 2.75) is 0 Å². The van der Waals surface area contributed by atoms with E-state index in [1.165, 1.54) is 7.11 Å². The predicted molar refractivity (Wildman–Crippen MR) is 143 cm³/mol. The van der Waals surface area contributed by atoms with Crippen LogP contribution >= 0.6 is 0 Å². The van der Waals surface area contributed by atoms with E-state index < -0.39 is 17.9 Å². The normalized spacial score (nSPS) is 10.4. The van der Waals surface area contributed by atoms with Crippen LogP contribution in [0.2, 0.25) is 0 Å². The minimum Gasteiger partial charge on any atom is -0.491 e. The number of carbonyl (C=O) groups excluding carboxylic acids is 3. The van der Waals surface area contributed by atoms with Crippen molar-refractivity contribution in [2.24, 2.45) is 0 Å². The molecule has 0 N–H and O–H groups in total. The molecule has 0 saturated carbocycles. The smallest absolute Gasteiger partial charge is 0.343 e. The second-order valence-corrected chi connectivity index (χ2v) is 7.95. The zero-order valence-electron chi connectivity index (χ0n) is 21.6. The summed E-state index contributed by atoms with van der Waals surface area (Å²) >= 11 is 0. The first-order chi connectivity index (χ1) is 19.0. The molecule has 39 heavy (non-hydrogen) atoms. The molecule has 0 bridgehead atoms. The van der Waals surface area contributed by atoms with Gasteiger partial charge >= 0.3 is 17.9 Å².